The van der Waals surface area contributed by atoms with Crippen molar-refractivity contribution in [1.82, 2.24) is 9.78 Å². The van der Waals surface area contributed by atoms with E-state index in [4.69, 9.17) is 17.3 Å². The summed E-state index contributed by atoms with van der Waals surface area (Å²) in [6.45, 7) is 2.89. The van der Waals surface area contributed by atoms with Crippen LogP contribution in [0.25, 0.3) is 0 Å². The second-order valence-corrected chi connectivity index (χ2v) is 2.47. The molecule has 1 aromatic rings. The number of hydrogen-bond acceptors (Lipinski definition) is 2. The second kappa shape index (κ2) is 2.92. The molecule has 0 aliphatic rings. The van der Waals surface area contributed by atoms with Gasteiger partial charge in [0.15, 0.2) is 0 Å². The summed E-state index contributed by atoms with van der Waals surface area (Å²) in [6.07, 6.45) is 2.58. The fourth-order valence-corrected chi connectivity index (χ4v) is 0.930. The minimum atomic E-state index is 0.543. The van der Waals surface area contributed by atoms with Crippen LogP contribution >= 0.6 is 11.6 Å². The maximum absolute atomic E-state index is 5.76. The number of nitrogens with zero attached hydrogens (tertiary/aromatic N) is 2. The van der Waals surface area contributed by atoms with Crippen molar-refractivity contribution in [3.63, 3.8) is 0 Å². The molecule has 10 heavy (non-hydrogen) atoms. The second-order valence-electron chi connectivity index (χ2n) is 2.11. The van der Waals surface area contributed by atoms with Crippen LogP contribution in [0.2, 0.25) is 5.15 Å². The molecule has 0 aliphatic carbocycles. The van der Waals surface area contributed by atoms with Crippen molar-refractivity contribution in [2.45, 2.75) is 19.9 Å². The number of nitrogen functional groups attached to an aromatic ring is 1. The van der Waals surface area contributed by atoms with Crippen LogP contribution in [0.4, 0.5) is 5.69 Å². The van der Waals surface area contributed by atoms with Crippen molar-refractivity contribution in [2.75, 3.05) is 5.73 Å². The van der Waals surface area contributed by atoms with Crippen molar-refractivity contribution < 1.29 is 0 Å². The molecule has 2 N–H and O–H groups in total. The first kappa shape index (κ1) is 7.41. The van der Waals surface area contributed by atoms with Gasteiger partial charge in [0.2, 0.25) is 0 Å². The van der Waals surface area contributed by atoms with E-state index in [1.165, 1.54) is 0 Å². The van der Waals surface area contributed by atoms with Gasteiger partial charge in [-0.3, -0.25) is 4.68 Å². The predicted octanol–water partition coefficient (Wildman–Crippen LogP) is 1.53. The van der Waals surface area contributed by atoms with Gasteiger partial charge in [-0.25, -0.2) is 0 Å². The van der Waals surface area contributed by atoms with Crippen LogP contribution in [-0.4, -0.2) is 9.78 Å². The van der Waals surface area contributed by atoms with Crippen molar-refractivity contribution in [2.24, 2.45) is 0 Å². The minimum Gasteiger partial charge on any atom is -0.395 e. The molecule has 0 saturated carbocycles. The molecule has 0 radical (unpaired) electrons. The summed E-state index contributed by atoms with van der Waals surface area (Å²) in [7, 11) is 0. The Morgan fingerprint density at radius 2 is 2.50 bits per heavy atom. The van der Waals surface area contributed by atoms with Gasteiger partial charge >= 0.3 is 0 Å². The molecular formula is C6H10ClN3. The SMILES string of the molecule is CCCn1ncc(N)c1Cl. The maximum Gasteiger partial charge on any atom is 0.150 e. The van der Waals surface area contributed by atoms with Crippen molar-refractivity contribution >= 4 is 17.3 Å². The average molecular weight is 160 g/mol. The zero-order valence-corrected chi connectivity index (χ0v) is 6.60. The van der Waals surface area contributed by atoms with Crippen LogP contribution < -0.4 is 5.73 Å². The molecular weight excluding hydrogens is 150 g/mol. The van der Waals surface area contributed by atoms with Gasteiger partial charge in [-0.1, -0.05) is 18.5 Å². The lowest BCUT2D eigenvalue weighted by atomic mass is 10.5. The maximum atomic E-state index is 5.76. The average Bonchev–Trinajstić information content (AvgIpc) is 2.20. The van der Waals surface area contributed by atoms with Crippen LogP contribution in [0, 0.1) is 0 Å². The van der Waals surface area contributed by atoms with Gasteiger partial charge < -0.3 is 5.73 Å². The third kappa shape index (κ3) is 1.24. The minimum absolute atomic E-state index is 0.543. The fourth-order valence-electron chi connectivity index (χ4n) is 0.753. The number of aryl methyl sites for hydroxylation is 1. The Bertz CT molecular complexity index is 219. The Balaban J connectivity index is 2.83. The first-order valence-corrected chi connectivity index (χ1v) is 3.60. The molecule has 0 spiro atoms. The van der Waals surface area contributed by atoms with Gasteiger partial charge in [-0.15, -0.1) is 0 Å². The number of aromatic nitrogens is 2. The van der Waals surface area contributed by atoms with Gasteiger partial charge in [0.05, 0.1) is 11.9 Å². The molecule has 0 saturated heterocycles. The molecule has 0 atom stereocenters. The summed E-state index contributed by atoms with van der Waals surface area (Å²) in [5.74, 6) is 0. The number of halogens is 1. The van der Waals surface area contributed by atoms with Crippen LogP contribution in [-0.2, 0) is 6.54 Å². The fraction of sp³-hybridized carbons (Fsp3) is 0.500. The first-order valence-electron chi connectivity index (χ1n) is 3.22. The molecule has 1 rings (SSSR count). The molecule has 0 unspecified atom stereocenters. The Morgan fingerprint density at radius 3 is 2.90 bits per heavy atom. The Hall–Kier alpha value is -0.700. The Morgan fingerprint density at radius 1 is 1.80 bits per heavy atom. The van der Waals surface area contributed by atoms with E-state index in [-0.39, 0.29) is 0 Å². The van der Waals surface area contributed by atoms with Crippen LogP contribution in [0.5, 0.6) is 0 Å². The molecule has 0 fully saturated rings. The molecule has 1 heterocycles. The van der Waals surface area contributed by atoms with E-state index in [1.807, 2.05) is 0 Å². The van der Waals surface area contributed by atoms with Crippen molar-refractivity contribution in [1.29, 1.82) is 0 Å². The van der Waals surface area contributed by atoms with Gasteiger partial charge in [0.25, 0.3) is 0 Å². The van der Waals surface area contributed by atoms with Crippen LogP contribution in [0.1, 0.15) is 13.3 Å². The summed E-state index contributed by atoms with van der Waals surface area (Å²) in [5.41, 5.74) is 6.01. The highest BCUT2D eigenvalue weighted by Crippen LogP contribution is 2.16. The van der Waals surface area contributed by atoms with Crippen molar-refractivity contribution in [3.8, 4) is 0 Å². The summed E-state index contributed by atoms with van der Waals surface area (Å²) in [6, 6.07) is 0. The quantitative estimate of drug-likeness (QED) is 0.711. The molecule has 0 aromatic carbocycles. The third-order valence-electron chi connectivity index (χ3n) is 1.24. The summed E-state index contributed by atoms with van der Waals surface area (Å²) < 4.78 is 1.69. The summed E-state index contributed by atoms with van der Waals surface area (Å²) >= 11 is 5.76. The summed E-state index contributed by atoms with van der Waals surface area (Å²) in [4.78, 5) is 0. The van der Waals surface area contributed by atoms with E-state index < -0.39 is 0 Å². The van der Waals surface area contributed by atoms with Gasteiger partial charge in [0, 0.05) is 6.54 Å². The third-order valence-corrected chi connectivity index (χ3v) is 1.65. The van der Waals surface area contributed by atoms with Gasteiger partial charge in [0.1, 0.15) is 5.15 Å². The Labute approximate surface area is 64.8 Å². The van der Waals surface area contributed by atoms with Gasteiger partial charge in [-0.2, -0.15) is 5.10 Å². The number of anilines is 1. The van der Waals surface area contributed by atoms with Crippen molar-refractivity contribution in [3.05, 3.63) is 11.3 Å². The zero-order chi connectivity index (χ0) is 7.56. The topological polar surface area (TPSA) is 43.8 Å². The molecule has 0 bridgehead atoms. The molecule has 0 amide bonds. The highest BCUT2D eigenvalue weighted by molar-refractivity contribution is 6.31. The van der Waals surface area contributed by atoms with Gasteiger partial charge in [-0.05, 0) is 6.42 Å². The Kier molecular flexibility index (Phi) is 2.17. The standard InChI is InChI=1S/C6H10ClN3/c1-2-3-10-6(7)5(8)4-9-10/h4H,2-3,8H2,1H3. The molecule has 4 heteroatoms. The summed E-state index contributed by atoms with van der Waals surface area (Å²) in [5, 5.41) is 4.51. The molecule has 1 aromatic heterocycles. The highest BCUT2D eigenvalue weighted by Gasteiger charge is 2.01. The predicted molar refractivity (Wildman–Crippen MR) is 41.9 cm³/mol. The molecule has 0 aliphatic heterocycles. The largest absolute Gasteiger partial charge is 0.395 e. The lowest BCUT2D eigenvalue weighted by Crippen LogP contribution is -1.98. The van der Waals surface area contributed by atoms with E-state index in [1.54, 1.807) is 10.9 Å². The monoisotopic (exact) mass is 159 g/mol. The van der Waals surface area contributed by atoms with Crippen LogP contribution in [0.15, 0.2) is 6.20 Å². The first-order chi connectivity index (χ1) is 4.75. The number of nitrogens with two attached hydrogens (primary N) is 1. The zero-order valence-electron chi connectivity index (χ0n) is 5.84. The highest BCUT2D eigenvalue weighted by atomic mass is 35.5. The van der Waals surface area contributed by atoms with E-state index in [0.717, 1.165) is 13.0 Å². The number of rotatable bonds is 2. The van der Waals surface area contributed by atoms with E-state index in [9.17, 15) is 0 Å². The molecule has 3 nitrogen and oxygen atoms in total. The van der Waals surface area contributed by atoms with E-state index >= 15 is 0 Å². The molecule has 56 valence electrons. The number of hydrogen-bond donors (Lipinski definition) is 1. The lowest BCUT2D eigenvalue weighted by Gasteiger charge is -1.97. The van der Waals surface area contributed by atoms with E-state index in [2.05, 4.69) is 12.0 Å². The van der Waals surface area contributed by atoms with E-state index in [0.29, 0.717) is 10.8 Å². The smallest absolute Gasteiger partial charge is 0.150 e. The lowest BCUT2D eigenvalue weighted by molar-refractivity contribution is 0.604. The normalized spacial score (nSPS) is 10.2. The van der Waals surface area contributed by atoms with Crippen LogP contribution in [0.3, 0.4) is 0 Å².